The first-order chi connectivity index (χ1) is 8.67. The van der Waals surface area contributed by atoms with Crippen molar-refractivity contribution in [3.63, 3.8) is 0 Å². The molecule has 0 aliphatic heterocycles. The Hall–Kier alpha value is -1.35. The van der Waals surface area contributed by atoms with Crippen molar-refractivity contribution in [2.24, 2.45) is 5.92 Å². The van der Waals surface area contributed by atoms with Gasteiger partial charge in [0.15, 0.2) is 0 Å². The maximum absolute atomic E-state index is 11.3. The Morgan fingerprint density at radius 1 is 1.22 bits per heavy atom. The van der Waals surface area contributed by atoms with Gasteiger partial charge in [0.05, 0.1) is 5.92 Å². The molecule has 0 aromatic heterocycles. The van der Waals surface area contributed by atoms with Crippen molar-refractivity contribution in [3.05, 3.63) is 35.9 Å². The highest BCUT2D eigenvalue weighted by Crippen LogP contribution is 2.13. The SMILES string of the molecule is CCN(CC)CCC(Cc1ccccc1)C(=O)O. The molecule has 3 heteroatoms. The minimum Gasteiger partial charge on any atom is -0.481 e. The van der Waals surface area contributed by atoms with E-state index in [0.29, 0.717) is 12.8 Å². The van der Waals surface area contributed by atoms with Crippen LogP contribution in [0.5, 0.6) is 0 Å². The summed E-state index contributed by atoms with van der Waals surface area (Å²) in [6, 6.07) is 9.85. The van der Waals surface area contributed by atoms with Crippen LogP contribution in [0.25, 0.3) is 0 Å². The average molecular weight is 249 g/mol. The van der Waals surface area contributed by atoms with Gasteiger partial charge in [-0.05, 0) is 38.0 Å². The summed E-state index contributed by atoms with van der Waals surface area (Å²) in [5.41, 5.74) is 1.10. The Morgan fingerprint density at radius 3 is 2.33 bits per heavy atom. The second kappa shape index (κ2) is 7.88. The lowest BCUT2D eigenvalue weighted by Crippen LogP contribution is -2.28. The lowest BCUT2D eigenvalue weighted by Gasteiger charge is -2.20. The summed E-state index contributed by atoms with van der Waals surface area (Å²) in [4.78, 5) is 13.5. The normalized spacial score (nSPS) is 12.6. The monoisotopic (exact) mass is 249 g/mol. The van der Waals surface area contributed by atoms with Crippen LogP contribution in [0.2, 0.25) is 0 Å². The summed E-state index contributed by atoms with van der Waals surface area (Å²) in [5, 5.41) is 9.27. The van der Waals surface area contributed by atoms with E-state index in [1.54, 1.807) is 0 Å². The molecule has 0 saturated carbocycles. The van der Waals surface area contributed by atoms with E-state index in [1.165, 1.54) is 0 Å². The van der Waals surface area contributed by atoms with E-state index in [2.05, 4.69) is 18.7 Å². The first-order valence-electron chi connectivity index (χ1n) is 6.66. The Kier molecular flexibility index (Phi) is 6.44. The number of carboxylic acids is 1. The Balaban J connectivity index is 2.53. The first-order valence-corrected chi connectivity index (χ1v) is 6.66. The van der Waals surface area contributed by atoms with Crippen LogP contribution in [-0.4, -0.2) is 35.6 Å². The van der Waals surface area contributed by atoms with Gasteiger partial charge in [-0.15, -0.1) is 0 Å². The molecule has 1 N–H and O–H groups in total. The minimum atomic E-state index is -0.689. The number of carboxylic acid groups (broad SMARTS) is 1. The van der Waals surface area contributed by atoms with Crippen LogP contribution in [0.1, 0.15) is 25.8 Å². The number of benzene rings is 1. The third-order valence-electron chi connectivity index (χ3n) is 3.36. The summed E-state index contributed by atoms with van der Waals surface area (Å²) < 4.78 is 0. The fraction of sp³-hybridized carbons (Fsp3) is 0.533. The zero-order valence-corrected chi connectivity index (χ0v) is 11.3. The number of hydrogen-bond acceptors (Lipinski definition) is 2. The maximum Gasteiger partial charge on any atom is 0.306 e. The van der Waals surface area contributed by atoms with Crippen molar-refractivity contribution >= 4 is 5.97 Å². The van der Waals surface area contributed by atoms with Gasteiger partial charge in [-0.25, -0.2) is 0 Å². The summed E-state index contributed by atoms with van der Waals surface area (Å²) in [7, 11) is 0. The molecule has 0 saturated heterocycles. The van der Waals surface area contributed by atoms with Crippen LogP contribution in [0.3, 0.4) is 0 Å². The van der Waals surface area contributed by atoms with Crippen LogP contribution >= 0.6 is 0 Å². The molecular weight excluding hydrogens is 226 g/mol. The molecular formula is C15H23NO2. The minimum absolute atomic E-state index is 0.284. The van der Waals surface area contributed by atoms with Gasteiger partial charge in [0.1, 0.15) is 0 Å². The van der Waals surface area contributed by atoms with E-state index in [-0.39, 0.29) is 5.92 Å². The maximum atomic E-state index is 11.3. The fourth-order valence-electron chi connectivity index (χ4n) is 2.09. The van der Waals surface area contributed by atoms with Gasteiger partial charge >= 0.3 is 5.97 Å². The number of carbonyl (C=O) groups is 1. The first kappa shape index (κ1) is 14.7. The number of nitrogens with zero attached hydrogens (tertiary/aromatic N) is 1. The summed E-state index contributed by atoms with van der Waals surface area (Å²) in [6.07, 6.45) is 1.34. The van der Waals surface area contributed by atoms with Gasteiger partial charge < -0.3 is 10.0 Å². The molecule has 1 aromatic carbocycles. The van der Waals surface area contributed by atoms with E-state index in [0.717, 1.165) is 25.2 Å². The molecule has 0 aliphatic carbocycles. The molecule has 1 rings (SSSR count). The Bertz CT molecular complexity index is 347. The predicted molar refractivity (Wildman–Crippen MR) is 73.7 cm³/mol. The number of aliphatic carboxylic acids is 1. The highest BCUT2D eigenvalue weighted by atomic mass is 16.4. The highest BCUT2D eigenvalue weighted by Gasteiger charge is 2.18. The van der Waals surface area contributed by atoms with Crippen LogP contribution in [-0.2, 0) is 11.2 Å². The van der Waals surface area contributed by atoms with Gasteiger partial charge in [-0.1, -0.05) is 44.2 Å². The lowest BCUT2D eigenvalue weighted by atomic mass is 9.96. The molecule has 0 radical (unpaired) electrons. The summed E-state index contributed by atoms with van der Waals surface area (Å²) in [5.74, 6) is -0.973. The van der Waals surface area contributed by atoms with E-state index in [4.69, 9.17) is 0 Å². The van der Waals surface area contributed by atoms with Gasteiger partial charge in [0.25, 0.3) is 0 Å². The molecule has 100 valence electrons. The predicted octanol–water partition coefficient (Wildman–Crippen LogP) is 2.66. The number of hydrogen-bond donors (Lipinski definition) is 1. The Morgan fingerprint density at radius 2 is 1.83 bits per heavy atom. The van der Waals surface area contributed by atoms with Gasteiger partial charge in [0.2, 0.25) is 0 Å². The molecule has 1 unspecified atom stereocenters. The van der Waals surface area contributed by atoms with E-state index < -0.39 is 5.97 Å². The fourth-order valence-corrected chi connectivity index (χ4v) is 2.09. The molecule has 1 atom stereocenters. The largest absolute Gasteiger partial charge is 0.481 e. The van der Waals surface area contributed by atoms with Gasteiger partial charge in [-0.2, -0.15) is 0 Å². The zero-order valence-electron chi connectivity index (χ0n) is 11.3. The third-order valence-corrected chi connectivity index (χ3v) is 3.36. The quantitative estimate of drug-likeness (QED) is 0.770. The van der Waals surface area contributed by atoms with Crippen LogP contribution in [0.4, 0.5) is 0 Å². The van der Waals surface area contributed by atoms with Crippen molar-refractivity contribution in [3.8, 4) is 0 Å². The second-order valence-electron chi connectivity index (χ2n) is 4.54. The summed E-state index contributed by atoms with van der Waals surface area (Å²) in [6.45, 7) is 7.03. The van der Waals surface area contributed by atoms with Crippen LogP contribution in [0.15, 0.2) is 30.3 Å². The number of rotatable bonds is 8. The summed E-state index contributed by atoms with van der Waals surface area (Å²) >= 11 is 0. The van der Waals surface area contributed by atoms with Crippen molar-refractivity contribution in [1.82, 2.24) is 4.90 Å². The van der Waals surface area contributed by atoms with Crippen molar-refractivity contribution in [2.75, 3.05) is 19.6 Å². The molecule has 0 bridgehead atoms. The van der Waals surface area contributed by atoms with Crippen molar-refractivity contribution in [2.45, 2.75) is 26.7 Å². The third kappa shape index (κ3) is 4.88. The smallest absolute Gasteiger partial charge is 0.306 e. The molecule has 18 heavy (non-hydrogen) atoms. The van der Waals surface area contributed by atoms with E-state index in [1.807, 2.05) is 30.3 Å². The molecule has 3 nitrogen and oxygen atoms in total. The molecule has 0 aliphatic rings. The van der Waals surface area contributed by atoms with Gasteiger partial charge in [-0.3, -0.25) is 4.79 Å². The van der Waals surface area contributed by atoms with Crippen molar-refractivity contribution in [1.29, 1.82) is 0 Å². The molecule has 0 fully saturated rings. The molecule has 0 spiro atoms. The molecule has 0 heterocycles. The van der Waals surface area contributed by atoms with Crippen LogP contribution < -0.4 is 0 Å². The van der Waals surface area contributed by atoms with Crippen LogP contribution in [0, 0.1) is 5.92 Å². The lowest BCUT2D eigenvalue weighted by molar-refractivity contribution is -0.142. The zero-order chi connectivity index (χ0) is 13.4. The van der Waals surface area contributed by atoms with Crippen molar-refractivity contribution < 1.29 is 9.90 Å². The van der Waals surface area contributed by atoms with E-state index >= 15 is 0 Å². The topological polar surface area (TPSA) is 40.5 Å². The Labute approximate surface area is 109 Å². The standard InChI is InChI=1S/C15H23NO2/c1-3-16(4-2)11-10-14(15(17)18)12-13-8-6-5-7-9-13/h5-9,14H,3-4,10-12H2,1-2H3,(H,17,18). The molecule has 0 amide bonds. The average Bonchev–Trinajstić information content (AvgIpc) is 2.39. The second-order valence-corrected chi connectivity index (χ2v) is 4.54. The van der Waals surface area contributed by atoms with Gasteiger partial charge in [0, 0.05) is 0 Å². The highest BCUT2D eigenvalue weighted by molar-refractivity contribution is 5.70. The molecule has 1 aromatic rings. The van der Waals surface area contributed by atoms with E-state index in [9.17, 15) is 9.90 Å².